The molecule has 1 aliphatic rings. The minimum absolute atomic E-state index is 0.104. The maximum atomic E-state index is 15.3. The van der Waals surface area contributed by atoms with E-state index in [0.29, 0.717) is 28.2 Å². The summed E-state index contributed by atoms with van der Waals surface area (Å²) < 4.78 is 17.1. The number of anilines is 2. The van der Waals surface area contributed by atoms with Crippen LogP contribution < -0.4 is 10.2 Å². The van der Waals surface area contributed by atoms with Gasteiger partial charge in [-0.2, -0.15) is 0 Å². The van der Waals surface area contributed by atoms with Crippen LogP contribution in [-0.2, 0) is 10.4 Å². The second-order valence-electron chi connectivity index (χ2n) is 8.42. The highest BCUT2D eigenvalue weighted by molar-refractivity contribution is 5.93. The van der Waals surface area contributed by atoms with Gasteiger partial charge in [-0.25, -0.2) is 9.37 Å². The first-order chi connectivity index (χ1) is 14.3. The molecule has 0 radical (unpaired) electrons. The van der Waals surface area contributed by atoms with Gasteiger partial charge in [0.2, 0.25) is 11.9 Å². The largest absolute Gasteiger partial charge is 0.385 e. The predicted molar refractivity (Wildman–Crippen MR) is 116 cm³/mol. The zero-order valence-electron chi connectivity index (χ0n) is 17.5. The Balaban J connectivity index is 1.67. The van der Waals surface area contributed by atoms with Crippen molar-refractivity contribution in [2.45, 2.75) is 44.2 Å². The van der Waals surface area contributed by atoms with Crippen LogP contribution in [0.3, 0.4) is 0 Å². The molecule has 7 heteroatoms. The van der Waals surface area contributed by atoms with Crippen molar-refractivity contribution in [3.63, 3.8) is 0 Å². The van der Waals surface area contributed by atoms with Crippen molar-refractivity contribution in [2.24, 2.45) is 0 Å². The molecular formula is C23H27FN4O2. The zero-order valence-corrected chi connectivity index (χ0v) is 17.5. The van der Waals surface area contributed by atoms with E-state index in [-0.39, 0.29) is 24.2 Å². The second kappa shape index (κ2) is 7.72. The third-order valence-electron chi connectivity index (χ3n) is 5.84. The van der Waals surface area contributed by atoms with Crippen LogP contribution >= 0.6 is 0 Å². The third kappa shape index (κ3) is 3.65. The first kappa shape index (κ1) is 20.3. The van der Waals surface area contributed by atoms with Crippen molar-refractivity contribution >= 4 is 28.6 Å². The summed E-state index contributed by atoms with van der Waals surface area (Å²) in [5, 5.41) is 13.6. The lowest BCUT2D eigenvalue weighted by molar-refractivity contribution is -0.120. The predicted octanol–water partition coefficient (Wildman–Crippen LogP) is 4.20. The Bertz CT molecular complexity index is 1070. The van der Waals surface area contributed by atoms with E-state index in [1.807, 2.05) is 22.8 Å². The first-order valence-electron chi connectivity index (χ1n) is 10.2. The van der Waals surface area contributed by atoms with Crippen molar-refractivity contribution in [2.75, 3.05) is 24.3 Å². The van der Waals surface area contributed by atoms with Crippen LogP contribution in [0.1, 0.15) is 44.2 Å². The standard InChI is InChI=1S/C23H27FN4O2/c1-23(30,15-8-5-4-6-9-15)14-19(29)26-22-25-17-12-13-18(27(2)3)20(24)21(17)28(22)16-10-7-11-16/h4-6,8-9,12-13,16,30H,7,10-11,14H2,1-3H3,(H,25,26,29). The minimum Gasteiger partial charge on any atom is -0.385 e. The summed E-state index contributed by atoms with van der Waals surface area (Å²) in [5.74, 6) is -0.375. The number of nitrogens with one attached hydrogen (secondary N) is 1. The van der Waals surface area contributed by atoms with E-state index in [1.165, 1.54) is 0 Å². The van der Waals surface area contributed by atoms with Crippen molar-refractivity contribution in [3.8, 4) is 0 Å². The van der Waals surface area contributed by atoms with Gasteiger partial charge in [0, 0.05) is 20.1 Å². The molecule has 1 unspecified atom stereocenters. The summed E-state index contributed by atoms with van der Waals surface area (Å²) in [5.41, 5.74) is 0.746. The highest BCUT2D eigenvalue weighted by atomic mass is 19.1. The van der Waals surface area contributed by atoms with Gasteiger partial charge in [0.25, 0.3) is 0 Å². The molecule has 6 nitrogen and oxygen atoms in total. The van der Waals surface area contributed by atoms with Gasteiger partial charge in [-0.05, 0) is 43.9 Å². The summed E-state index contributed by atoms with van der Waals surface area (Å²) in [6.45, 7) is 1.61. The molecular weight excluding hydrogens is 383 g/mol. The van der Waals surface area contributed by atoms with Gasteiger partial charge < -0.3 is 14.6 Å². The van der Waals surface area contributed by atoms with Crippen LogP contribution in [0.25, 0.3) is 11.0 Å². The number of benzene rings is 2. The smallest absolute Gasteiger partial charge is 0.229 e. The van der Waals surface area contributed by atoms with E-state index in [4.69, 9.17) is 0 Å². The summed E-state index contributed by atoms with van der Waals surface area (Å²) in [6, 6.07) is 12.7. The number of aliphatic hydroxyl groups is 1. The molecule has 0 saturated heterocycles. The average molecular weight is 410 g/mol. The molecule has 1 amide bonds. The number of carbonyl (C=O) groups is 1. The van der Waals surface area contributed by atoms with Crippen LogP contribution in [0, 0.1) is 5.82 Å². The Labute approximate surface area is 175 Å². The number of hydrogen-bond donors (Lipinski definition) is 2. The Morgan fingerprint density at radius 2 is 1.97 bits per heavy atom. The number of carbonyl (C=O) groups excluding carboxylic acids is 1. The van der Waals surface area contributed by atoms with E-state index in [1.54, 1.807) is 50.2 Å². The monoisotopic (exact) mass is 410 g/mol. The maximum Gasteiger partial charge on any atom is 0.229 e. The summed E-state index contributed by atoms with van der Waals surface area (Å²) in [4.78, 5) is 19.0. The molecule has 2 N–H and O–H groups in total. The highest BCUT2D eigenvalue weighted by Crippen LogP contribution is 2.39. The Kier molecular flexibility index (Phi) is 5.24. The molecule has 4 rings (SSSR count). The van der Waals surface area contributed by atoms with E-state index < -0.39 is 5.60 Å². The Morgan fingerprint density at radius 3 is 2.57 bits per heavy atom. The molecule has 0 bridgehead atoms. The van der Waals surface area contributed by atoms with Gasteiger partial charge >= 0.3 is 0 Å². The topological polar surface area (TPSA) is 70.4 Å². The molecule has 1 saturated carbocycles. The third-order valence-corrected chi connectivity index (χ3v) is 5.84. The molecule has 2 aromatic carbocycles. The number of amides is 1. The molecule has 1 aliphatic carbocycles. The fourth-order valence-electron chi connectivity index (χ4n) is 3.95. The minimum atomic E-state index is -1.32. The van der Waals surface area contributed by atoms with Gasteiger partial charge in [0.05, 0.1) is 23.2 Å². The molecule has 1 atom stereocenters. The summed E-state index contributed by atoms with van der Waals surface area (Å²) in [6.07, 6.45) is 2.77. The normalized spacial score (nSPS) is 16.2. The fourth-order valence-corrected chi connectivity index (χ4v) is 3.95. The van der Waals surface area contributed by atoms with Gasteiger partial charge in [0.1, 0.15) is 5.52 Å². The lowest BCUT2D eigenvalue weighted by Crippen LogP contribution is -2.30. The quantitative estimate of drug-likeness (QED) is 0.639. The molecule has 158 valence electrons. The number of rotatable bonds is 6. The van der Waals surface area contributed by atoms with Gasteiger partial charge in [-0.3, -0.25) is 10.1 Å². The van der Waals surface area contributed by atoms with E-state index in [0.717, 1.165) is 19.3 Å². The van der Waals surface area contributed by atoms with E-state index in [2.05, 4.69) is 10.3 Å². The highest BCUT2D eigenvalue weighted by Gasteiger charge is 2.30. The van der Waals surface area contributed by atoms with Crippen LogP contribution in [0.5, 0.6) is 0 Å². The van der Waals surface area contributed by atoms with Crippen LogP contribution in [0.2, 0.25) is 0 Å². The molecule has 1 aromatic heterocycles. The zero-order chi connectivity index (χ0) is 21.5. The summed E-state index contributed by atoms with van der Waals surface area (Å²) >= 11 is 0. The van der Waals surface area contributed by atoms with Crippen molar-refractivity contribution in [1.29, 1.82) is 0 Å². The van der Waals surface area contributed by atoms with Gasteiger partial charge in [0.15, 0.2) is 5.82 Å². The molecule has 3 aromatic rings. The lowest BCUT2D eigenvalue weighted by atomic mass is 9.92. The molecule has 1 heterocycles. The van der Waals surface area contributed by atoms with Crippen molar-refractivity contribution in [1.82, 2.24) is 9.55 Å². The number of imidazole rings is 1. The van der Waals surface area contributed by atoms with Crippen LogP contribution in [-0.4, -0.2) is 34.7 Å². The Hall–Kier alpha value is -2.93. The number of hydrogen-bond acceptors (Lipinski definition) is 4. The second-order valence-corrected chi connectivity index (χ2v) is 8.42. The number of aromatic nitrogens is 2. The summed E-state index contributed by atoms with van der Waals surface area (Å²) in [7, 11) is 3.59. The lowest BCUT2D eigenvalue weighted by Gasteiger charge is -2.29. The molecule has 30 heavy (non-hydrogen) atoms. The number of nitrogens with zero attached hydrogens (tertiary/aromatic N) is 3. The first-order valence-corrected chi connectivity index (χ1v) is 10.2. The molecule has 0 aliphatic heterocycles. The Morgan fingerprint density at radius 1 is 1.27 bits per heavy atom. The van der Waals surface area contributed by atoms with Crippen LogP contribution in [0.4, 0.5) is 16.0 Å². The number of fused-ring (bicyclic) bond motifs is 1. The van der Waals surface area contributed by atoms with Crippen molar-refractivity contribution in [3.05, 3.63) is 53.8 Å². The SMILES string of the molecule is CN(C)c1ccc2nc(NC(=O)CC(C)(O)c3ccccc3)n(C3CCC3)c2c1F. The number of halogens is 1. The van der Waals surface area contributed by atoms with Crippen molar-refractivity contribution < 1.29 is 14.3 Å². The van der Waals surface area contributed by atoms with Gasteiger partial charge in [-0.1, -0.05) is 30.3 Å². The average Bonchev–Trinajstić information content (AvgIpc) is 2.99. The van der Waals surface area contributed by atoms with E-state index in [9.17, 15) is 9.90 Å². The van der Waals surface area contributed by atoms with Crippen LogP contribution in [0.15, 0.2) is 42.5 Å². The van der Waals surface area contributed by atoms with E-state index >= 15 is 4.39 Å². The molecule has 0 spiro atoms. The maximum absolute atomic E-state index is 15.3. The molecule has 1 fully saturated rings. The van der Waals surface area contributed by atoms with Gasteiger partial charge in [-0.15, -0.1) is 0 Å². The fraction of sp³-hybridized carbons (Fsp3) is 0.391.